The number of carbonyl (C=O) groups is 1. The van der Waals surface area contributed by atoms with Crippen molar-refractivity contribution < 1.29 is 22.7 Å². The smallest absolute Gasteiger partial charge is 0.254 e. The molecule has 1 amide bonds. The Morgan fingerprint density at radius 2 is 1.65 bits per heavy atom. The first-order chi connectivity index (χ1) is 14.9. The summed E-state index contributed by atoms with van der Waals surface area (Å²) in [5.74, 6) is 0.839. The van der Waals surface area contributed by atoms with E-state index in [0.717, 1.165) is 24.3 Å². The minimum atomic E-state index is -3.75. The minimum Gasteiger partial charge on any atom is -0.495 e. The lowest BCUT2D eigenvalue weighted by Crippen LogP contribution is -2.48. The highest BCUT2D eigenvalue weighted by Crippen LogP contribution is 2.30. The second-order valence-electron chi connectivity index (χ2n) is 7.71. The number of hydrogen-bond acceptors (Lipinski definition) is 6. The largest absolute Gasteiger partial charge is 0.495 e. The van der Waals surface area contributed by atoms with Crippen LogP contribution in [0.15, 0.2) is 47.4 Å². The van der Waals surface area contributed by atoms with Crippen molar-refractivity contribution in [1.82, 2.24) is 9.62 Å². The van der Waals surface area contributed by atoms with Gasteiger partial charge in [0.05, 0.1) is 19.9 Å². The molecule has 0 aromatic heterocycles. The first-order valence-corrected chi connectivity index (χ1v) is 11.8. The first kappa shape index (κ1) is 21.5. The molecule has 2 aromatic carbocycles. The van der Waals surface area contributed by atoms with Crippen LogP contribution in [0.3, 0.4) is 0 Å². The SMILES string of the molecule is COc1ccccc1N1CCN(C(=O)c2ccc(OC)c(S(=O)(=O)NC3CC3)c2)CC1. The van der Waals surface area contributed by atoms with Gasteiger partial charge in [-0.15, -0.1) is 0 Å². The number of piperazine rings is 1. The van der Waals surface area contributed by atoms with E-state index in [1.165, 1.54) is 13.2 Å². The number of para-hydroxylation sites is 2. The van der Waals surface area contributed by atoms with Gasteiger partial charge in [-0.25, -0.2) is 13.1 Å². The van der Waals surface area contributed by atoms with Crippen LogP contribution in [-0.4, -0.2) is 65.7 Å². The number of nitrogens with zero attached hydrogens (tertiary/aromatic N) is 2. The molecule has 0 bridgehead atoms. The summed E-state index contributed by atoms with van der Waals surface area (Å²) in [6, 6.07) is 12.4. The monoisotopic (exact) mass is 445 g/mol. The number of rotatable bonds is 7. The van der Waals surface area contributed by atoms with Crippen LogP contribution in [-0.2, 0) is 10.0 Å². The van der Waals surface area contributed by atoms with E-state index in [4.69, 9.17) is 9.47 Å². The van der Waals surface area contributed by atoms with E-state index in [0.29, 0.717) is 31.7 Å². The Balaban J connectivity index is 1.49. The minimum absolute atomic E-state index is 0.000378. The molecule has 1 N–H and O–H groups in total. The van der Waals surface area contributed by atoms with Gasteiger partial charge in [0.25, 0.3) is 5.91 Å². The highest BCUT2D eigenvalue weighted by Gasteiger charge is 2.31. The fourth-order valence-corrected chi connectivity index (χ4v) is 5.23. The molecule has 2 aromatic rings. The van der Waals surface area contributed by atoms with E-state index in [9.17, 15) is 13.2 Å². The molecule has 1 aliphatic carbocycles. The normalized spacial score (nSPS) is 16.8. The van der Waals surface area contributed by atoms with E-state index in [-0.39, 0.29) is 22.6 Å². The van der Waals surface area contributed by atoms with Crippen molar-refractivity contribution in [1.29, 1.82) is 0 Å². The van der Waals surface area contributed by atoms with Crippen molar-refractivity contribution in [3.63, 3.8) is 0 Å². The number of carbonyl (C=O) groups excluding carboxylic acids is 1. The fourth-order valence-electron chi connectivity index (χ4n) is 3.73. The summed E-state index contributed by atoms with van der Waals surface area (Å²) in [6.07, 6.45) is 1.66. The molecule has 9 heteroatoms. The zero-order valence-electron chi connectivity index (χ0n) is 17.7. The first-order valence-electron chi connectivity index (χ1n) is 10.3. The number of ether oxygens (including phenoxy) is 2. The maximum atomic E-state index is 13.1. The Morgan fingerprint density at radius 3 is 2.29 bits per heavy atom. The maximum absolute atomic E-state index is 13.1. The molecular weight excluding hydrogens is 418 g/mol. The van der Waals surface area contributed by atoms with Gasteiger partial charge in [0.2, 0.25) is 10.0 Å². The molecular formula is C22H27N3O5S. The number of sulfonamides is 1. The number of amides is 1. The summed E-state index contributed by atoms with van der Waals surface area (Å²) in [5.41, 5.74) is 1.34. The van der Waals surface area contributed by atoms with Crippen molar-refractivity contribution in [2.75, 3.05) is 45.3 Å². The van der Waals surface area contributed by atoms with E-state index < -0.39 is 10.0 Å². The summed E-state index contributed by atoms with van der Waals surface area (Å²) < 4.78 is 38.8. The van der Waals surface area contributed by atoms with Crippen LogP contribution in [0, 0.1) is 0 Å². The maximum Gasteiger partial charge on any atom is 0.254 e. The lowest BCUT2D eigenvalue weighted by molar-refractivity contribution is 0.0746. The molecule has 2 fully saturated rings. The molecule has 8 nitrogen and oxygen atoms in total. The third kappa shape index (κ3) is 4.62. The van der Waals surface area contributed by atoms with Crippen LogP contribution in [0.4, 0.5) is 5.69 Å². The van der Waals surface area contributed by atoms with Gasteiger partial charge in [-0.05, 0) is 43.2 Å². The molecule has 0 radical (unpaired) electrons. The Labute approximate surface area is 182 Å². The molecule has 1 heterocycles. The topological polar surface area (TPSA) is 88.2 Å². The van der Waals surface area contributed by atoms with Crippen LogP contribution in [0.5, 0.6) is 11.5 Å². The van der Waals surface area contributed by atoms with E-state index >= 15 is 0 Å². The molecule has 0 spiro atoms. The van der Waals surface area contributed by atoms with Crippen LogP contribution in [0.1, 0.15) is 23.2 Å². The lowest BCUT2D eigenvalue weighted by atomic mass is 10.1. The molecule has 31 heavy (non-hydrogen) atoms. The average Bonchev–Trinajstić information content (AvgIpc) is 3.61. The molecule has 2 aliphatic rings. The van der Waals surface area contributed by atoms with Gasteiger partial charge in [-0.2, -0.15) is 0 Å². The highest BCUT2D eigenvalue weighted by molar-refractivity contribution is 7.89. The fraction of sp³-hybridized carbons (Fsp3) is 0.409. The summed E-state index contributed by atoms with van der Waals surface area (Å²) in [4.78, 5) is 17.0. The van der Waals surface area contributed by atoms with Crippen molar-refractivity contribution in [3.8, 4) is 11.5 Å². The molecule has 0 unspecified atom stereocenters. The van der Waals surface area contributed by atoms with Crippen molar-refractivity contribution in [2.45, 2.75) is 23.8 Å². The molecule has 4 rings (SSSR count). The zero-order chi connectivity index (χ0) is 22.0. The average molecular weight is 446 g/mol. The summed E-state index contributed by atoms with van der Waals surface area (Å²) in [7, 11) is -0.681. The number of benzene rings is 2. The standard InChI is InChI=1S/C22H27N3O5S/c1-29-19-6-4-3-5-18(19)24-11-13-25(14-12-24)22(26)16-7-10-20(30-2)21(15-16)31(27,28)23-17-8-9-17/h3-7,10,15,17,23H,8-9,11-14H2,1-2H3. The second-order valence-corrected chi connectivity index (χ2v) is 9.39. The van der Waals surface area contributed by atoms with Gasteiger partial charge in [0.15, 0.2) is 0 Å². The summed E-state index contributed by atoms with van der Waals surface area (Å²) in [6.45, 7) is 2.39. The van der Waals surface area contributed by atoms with Crippen LogP contribution < -0.4 is 19.1 Å². The van der Waals surface area contributed by atoms with Gasteiger partial charge >= 0.3 is 0 Å². The number of nitrogens with one attached hydrogen (secondary N) is 1. The summed E-state index contributed by atoms with van der Waals surface area (Å²) >= 11 is 0. The van der Waals surface area contributed by atoms with Crippen LogP contribution in [0.25, 0.3) is 0 Å². The predicted molar refractivity (Wildman–Crippen MR) is 117 cm³/mol. The van der Waals surface area contributed by atoms with Gasteiger partial charge in [0, 0.05) is 37.8 Å². The number of hydrogen-bond donors (Lipinski definition) is 1. The predicted octanol–water partition coefficient (Wildman–Crippen LogP) is 2.11. The number of methoxy groups -OCH3 is 2. The highest BCUT2D eigenvalue weighted by atomic mass is 32.2. The van der Waals surface area contributed by atoms with Gasteiger partial charge in [0.1, 0.15) is 16.4 Å². The number of anilines is 1. The molecule has 0 atom stereocenters. The van der Waals surface area contributed by atoms with Gasteiger partial charge in [-0.3, -0.25) is 4.79 Å². The molecule has 1 saturated carbocycles. The lowest BCUT2D eigenvalue weighted by Gasteiger charge is -2.36. The molecule has 1 saturated heterocycles. The van der Waals surface area contributed by atoms with E-state index in [2.05, 4.69) is 9.62 Å². The molecule has 1 aliphatic heterocycles. The van der Waals surface area contributed by atoms with Gasteiger partial charge < -0.3 is 19.3 Å². The van der Waals surface area contributed by atoms with E-state index in [1.807, 2.05) is 24.3 Å². The quantitative estimate of drug-likeness (QED) is 0.702. The molecule has 166 valence electrons. The van der Waals surface area contributed by atoms with Crippen molar-refractivity contribution in [3.05, 3.63) is 48.0 Å². The van der Waals surface area contributed by atoms with Crippen molar-refractivity contribution >= 4 is 21.6 Å². The van der Waals surface area contributed by atoms with E-state index in [1.54, 1.807) is 24.1 Å². The van der Waals surface area contributed by atoms with Crippen LogP contribution >= 0.6 is 0 Å². The zero-order valence-corrected chi connectivity index (χ0v) is 18.5. The van der Waals surface area contributed by atoms with Crippen molar-refractivity contribution in [2.24, 2.45) is 0 Å². The Morgan fingerprint density at radius 1 is 0.968 bits per heavy atom. The Bertz CT molecular complexity index is 1060. The van der Waals surface area contributed by atoms with Crippen LogP contribution in [0.2, 0.25) is 0 Å². The second kappa shape index (κ2) is 8.76. The third-order valence-corrected chi connectivity index (χ3v) is 7.13. The van der Waals surface area contributed by atoms with Gasteiger partial charge in [-0.1, -0.05) is 12.1 Å². The summed E-state index contributed by atoms with van der Waals surface area (Å²) in [5, 5.41) is 0. The Hall–Kier alpha value is -2.78. The third-order valence-electron chi connectivity index (χ3n) is 5.59. The Kier molecular flexibility index (Phi) is 6.06.